The van der Waals surface area contributed by atoms with Crippen LogP contribution in [0, 0.1) is 0 Å². The van der Waals surface area contributed by atoms with Crippen molar-refractivity contribution in [3.63, 3.8) is 0 Å². The molecule has 1 heterocycles. The molecule has 0 saturated heterocycles. The summed E-state index contributed by atoms with van der Waals surface area (Å²) in [6.07, 6.45) is 1.98. The van der Waals surface area contributed by atoms with E-state index in [1.54, 1.807) is 24.3 Å². The average molecular weight is 336 g/mol. The second-order valence-electron chi connectivity index (χ2n) is 6.17. The van der Waals surface area contributed by atoms with Crippen LogP contribution in [0.2, 0.25) is 0 Å². The van der Waals surface area contributed by atoms with Crippen LogP contribution in [-0.2, 0) is 11.2 Å². The first-order valence-corrected chi connectivity index (χ1v) is 8.30. The number of carbonyl (C=O) groups excluding carboxylic acids is 1. The minimum Gasteiger partial charge on any atom is -0.478 e. The van der Waals surface area contributed by atoms with E-state index in [1.165, 1.54) is 10.6 Å². The fraction of sp³-hybridized carbons (Fsp3) is 0.250. The maximum atomic E-state index is 12.3. The molecule has 128 valence electrons. The van der Waals surface area contributed by atoms with Gasteiger partial charge in [0.2, 0.25) is 5.91 Å². The minimum atomic E-state index is -0.960. The van der Waals surface area contributed by atoms with Gasteiger partial charge < -0.3 is 5.11 Å². The highest BCUT2D eigenvalue weighted by molar-refractivity contribution is 6.05. The predicted octanol–water partition coefficient (Wildman–Crippen LogP) is 3.67. The van der Waals surface area contributed by atoms with E-state index < -0.39 is 5.97 Å². The summed E-state index contributed by atoms with van der Waals surface area (Å²) in [5.74, 6) is -0.976. The molecule has 0 saturated carbocycles. The molecule has 0 aromatic heterocycles. The van der Waals surface area contributed by atoms with Gasteiger partial charge in [0.1, 0.15) is 0 Å². The van der Waals surface area contributed by atoms with Crippen LogP contribution in [0.15, 0.2) is 59.7 Å². The van der Waals surface area contributed by atoms with Crippen LogP contribution in [0.4, 0.5) is 0 Å². The maximum absolute atomic E-state index is 12.3. The van der Waals surface area contributed by atoms with E-state index in [0.717, 1.165) is 24.1 Å². The molecule has 2 aromatic rings. The van der Waals surface area contributed by atoms with Gasteiger partial charge in [0, 0.05) is 5.71 Å². The number of hydrogen-bond acceptors (Lipinski definition) is 3. The number of hydrogen-bond donors (Lipinski definition) is 1. The van der Waals surface area contributed by atoms with Crippen LogP contribution < -0.4 is 0 Å². The van der Waals surface area contributed by atoms with Crippen LogP contribution in [0.25, 0.3) is 0 Å². The maximum Gasteiger partial charge on any atom is 0.335 e. The first kappa shape index (κ1) is 16.9. The molecule has 1 N–H and O–H groups in total. The van der Waals surface area contributed by atoms with E-state index in [1.807, 2.05) is 25.1 Å². The number of nitrogens with zero attached hydrogens (tertiary/aromatic N) is 2. The highest BCUT2D eigenvalue weighted by atomic mass is 16.4. The van der Waals surface area contributed by atoms with Crippen molar-refractivity contribution in [2.45, 2.75) is 32.2 Å². The second kappa shape index (κ2) is 7.30. The minimum absolute atomic E-state index is 0.0159. The highest BCUT2D eigenvalue weighted by Gasteiger charge is 2.28. The summed E-state index contributed by atoms with van der Waals surface area (Å²) in [7, 11) is 0. The van der Waals surface area contributed by atoms with E-state index in [0.29, 0.717) is 6.42 Å². The fourth-order valence-electron chi connectivity index (χ4n) is 2.92. The van der Waals surface area contributed by atoms with Crippen LogP contribution in [0.1, 0.15) is 47.3 Å². The summed E-state index contributed by atoms with van der Waals surface area (Å²) in [6, 6.07) is 16.5. The molecule has 1 atom stereocenters. The Bertz CT molecular complexity index is 797. The zero-order valence-corrected chi connectivity index (χ0v) is 14.1. The van der Waals surface area contributed by atoms with Gasteiger partial charge >= 0.3 is 5.97 Å². The molecular weight excluding hydrogens is 316 g/mol. The Morgan fingerprint density at radius 3 is 2.44 bits per heavy atom. The summed E-state index contributed by atoms with van der Waals surface area (Å²) < 4.78 is 0. The Hall–Kier alpha value is -2.95. The number of carboxylic acid groups (broad SMARTS) is 1. The quantitative estimate of drug-likeness (QED) is 0.875. The molecular formula is C20H20N2O3. The topological polar surface area (TPSA) is 70.0 Å². The van der Waals surface area contributed by atoms with Crippen molar-refractivity contribution in [1.82, 2.24) is 5.01 Å². The molecule has 0 aliphatic carbocycles. The SMILES string of the molecule is CC(c1ccc(C(=O)O)cc1)N1N=C(CCc2ccccc2)CC1=O. The average Bonchev–Trinajstić information content (AvgIpc) is 3.01. The Kier molecular flexibility index (Phi) is 4.93. The van der Waals surface area contributed by atoms with Crippen molar-refractivity contribution in [3.8, 4) is 0 Å². The van der Waals surface area contributed by atoms with Crippen molar-refractivity contribution in [2.75, 3.05) is 0 Å². The van der Waals surface area contributed by atoms with Crippen LogP contribution in [-0.4, -0.2) is 27.7 Å². The van der Waals surface area contributed by atoms with E-state index in [9.17, 15) is 9.59 Å². The summed E-state index contributed by atoms with van der Waals surface area (Å²) in [5.41, 5.74) is 3.22. The number of benzene rings is 2. The van der Waals surface area contributed by atoms with Crippen molar-refractivity contribution < 1.29 is 14.7 Å². The normalized spacial score (nSPS) is 15.2. The van der Waals surface area contributed by atoms with Crippen molar-refractivity contribution in [1.29, 1.82) is 0 Å². The van der Waals surface area contributed by atoms with Crippen LogP contribution in [0.3, 0.4) is 0 Å². The van der Waals surface area contributed by atoms with Gasteiger partial charge in [0.15, 0.2) is 0 Å². The third-order valence-electron chi connectivity index (χ3n) is 4.41. The number of aromatic carboxylic acids is 1. The molecule has 3 rings (SSSR count). The third-order valence-corrected chi connectivity index (χ3v) is 4.41. The molecule has 1 aliphatic heterocycles. The van der Waals surface area contributed by atoms with E-state index >= 15 is 0 Å². The first-order chi connectivity index (χ1) is 12.0. The number of carboxylic acids is 1. The van der Waals surface area contributed by atoms with Gasteiger partial charge in [-0.2, -0.15) is 5.10 Å². The first-order valence-electron chi connectivity index (χ1n) is 8.30. The number of amides is 1. The largest absolute Gasteiger partial charge is 0.478 e. The molecule has 0 spiro atoms. The van der Waals surface area contributed by atoms with Gasteiger partial charge in [-0.3, -0.25) is 4.79 Å². The van der Waals surface area contributed by atoms with Gasteiger partial charge in [-0.1, -0.05) is 42.5 Å². The Balaban J connectivity index is 1.67. The molecule has 0 bridgehead atoms. The molecule has 1 aliphatic rings. The van der Waals surface area contributed by atoms with E-state index in [2.05, 4.69) is 17.2 Å². The van der Waals surface area contributed by atoms with Crippen LogP contribution in [0.5, 0.6) is 0 Å². The predicted molar refractivity (Wildman–Crippen MR) is 95.5 cm³/mol. The monoisotopic (exact) mass is 336 g/mol. The summed E-state index contributed by atoms with van der Waals surface area (Å²) in [4.78, 5) is 23.2. The van der Waals surface area contributed by atoms with Gasteiger partial charge in [-0.25, -0.2) is 9.80 Å². The Morgan fingerprint density at radius 2 is 1.80 bits per heavy atom. The molecule has 0 fully saturated rings. The molecule has 5 heteroatoms. The smallest absolute Gasteiger partial charge is 0.335 e. The lowest BCUT2D eigenvalue weighted by atomic mass is 10.0. The fourth-order valence-corrected chi connectivity index (χ4v) is 2.92. The van der Waals surface area contributed by atoms with Crippen LogP contribution >= 0.6 is 0 Å². The van der Waals surface area contributed by atoms with Gasteiger partial charge in [0.05, 0.1) is 18.0 Å². The number of hydrazone groups is 1. The zero-order valence-electron chi connectivity index (χ0n) is 14.1. The lowest BCUT2D eigenvalue weighted by Gasteiger charge is -2.21. The van der Waals surface area contributed by atoms with Gasteiger partial charge in [-0.15, -0.1) is 0 Å². The van der Waals surface area contributed by atoms with Gasteiger partial charge in [-0.05, 0) is 43.0 Å². The Labute approximate surface area is 146 Å². The highest BCUT2D eigenvalue weighted by Crippen LogP contribution is 2.26. The molecule has 2 aromatic carbocycles. The molecule has 25 heavy (non-hydrogen) atoms. The number of aryl methyl sites for hydroxylation is 1. The number of rotatable bonds is 6. The number of carbonyl (C=O) groups is 2. The molecule has 1 unspecified atom stereocenters. The van der Waals surface area contributed by atoms with Crippen molar-refractivity contribution in [3.05, 3.63) is 71.3 Å². The van der Waals surface area contributed by atoms with E-state index in [-0.39, 0.29) is 17.5 Å². The van der Waals surface area contributed by atoms with Crippen molar-refractivity contribution >= 4 is 17.6 Å². The Morgan fingerprint density at radius 1 is 1.12 bits per heavy atom. The summed E-state index contributed by atoms with van der Waals surface area (Å²) in [5, 5.41) is 15.0. The zero-order chi connectivity index (χ0) is 17.8. The van der Waals surface area contributed by atoms with Gasteiger partial charge in [0.25, 0.3) is 0 Å². The van der Waals surface area contributed by atoms with E-state index in [4.69, 9.17) is 5.11 Å². The molecule has 5 nitrogen and oxygen atoms in total. The lowest BCUT2D eigenvalue weighted by molar-refractivity contribution is -0.130. The summed E-state index contributed by atoms with van der Waals surface area (Å²) in [6.45, 7) is 1.90. The van der Waals surface area contributed by atoms with Crippen molar-refractivity contribution in [2.24, 2.45) is 5.10 Å². The molecule has 0 radical (unpaired) electrons. The third kappa shape index (κ3) is 3.94. The summed E-state index contributed by atoms with van der Waals surface area (Å²) >= 11 is 0. The lowest BCUT2D eigenvalue weighted by Crippen LogP contribution is -2.24. The second-order valence-corrected chi connectivity index (χ2v) is 6.17. The standard InChI is InChI=1S/C20H20N2O3/c1-14(16-8-10-17(11-9-16)20(24)25)22-19(23)13-18(21-22)12-7-15-5-3-2-4-6-15/h2-6,8-11,14H,7,12-13H2,1H3,(H,24,25). The molecule has 1 amide bonds.